The summed E-state index contributed by atoms with van der Waals surface area (Å²) in [6, 6.07) is 9.42. The van der Waals surface area contributed by atoms with Gasteiger partial charge in [0.1, 0.15) is 0 Å². The molecule has 0 unspecified atom stereocenters. The molecule has 0 atom stereocenters. The molecule has 140 valence electrons. The molecule has 26 heavy (non-hydrogen) atoms. The largest absolute Gasteiger partial charge is 0.493 e. The fraction of sp³-hybridized carbons (Fsp3) is 0.368. The lowest BCUT2D eigenvalue weighted by Crippen LogP contribution is -2.30. The van der Waals surface area contributed by atoms with Gasteiger partial charge in [-0.15, -0.1) is 0 Å². The predicted molar refractivity (Wildman–Crippen MR) is 103 cm³/mol. The Hall–Kier alpha value is -2.96. The minimum absolute atomic E-state index is 0.107. The van der Waals surface area contributed by atoms with Gasteiger partial charge in [0, 0.05) is 37.6 Å². The minimum atomic E-state index is 0.107. The number of ether oxygens (including phenoxy) is 3. The highest BCUT2D eigenvalue weighted by molar-refractivity contribution is 5.93. The third-order valence-electron chi connectivity index (χ3n) is 3.48. The van der Waals surface area contributed by atoms with Gasteiger partial charge in [-0.2, -0.15) is 0 Å². The zero-order valence-electron chi connectivity index (χ0n) is 15.9. The van der Waals surface area contributed by atoms with Crippen molar-refractivity contribution in [3.8, 4) is 17.4 Å². The molecule has 0 spiro atoms. The number of anilines is 1. The van der Waals surface area contributed by atoms with E-state index in [-0.39, 0.29) is 6.10 Å². The molecule has 2 N–H and O–H groups in total. The molecule has 1 aromatic carbocycles. The van der Waals surface area contributed by atoms with Crippen molar-refractivity contribution in [1.29, 1.82) is 0 Å². The van der Waals surface area contributed by atoms with Crippen LogP contribution in [0.4, 0.5) is 5.69 Å². The molecule has 0 aliphatic heterocycles. The van der Waals surface area contributed by atoms with E-state index in [1.807, 2.05) is 44.2 Å². The van der Waals surface area contributed by atoms with Crippen LogP contribution in [0.3, 0.4) is 0 Å². The molecule has 0 aliphatic rings. The smallest absolute Gasteiger partial charge is 0.213 e. The van der Waals surface area contributed by atoms with E-state index in [1.54, 1.807) is 27.5 Å². The summed E-state index contributed by atoms with van der Waals surface area (Å²) >= 11 is 0. The Kier molecular flexibility index (Phi) is 7.08. The number of methoxy groups -OCH3 is 2. The Balaban J connectivity index is 1.95. The standard InChI is InChI=1S/C19H26N4O3/c1-13(2)26-18-9-6-14(11-21-18)12-22-19(20-3)23-15-7-8-16(24-4)17(10-15)25-5/h6-11,13H,12H2,1-5H3,(H2,20,22,23). The first-order chi connectivity index (χ1) is 12.5. The van der Waals surface area contributed by atoms with Gasteiger partial charge in [0.05, 0.1) is 20.3 Å². The van der Waals surface area contributed by atoms with E-state index < -0.39 is 0 Å². The molecule has 7 heteroatoms. The number of hydrogen-bond donors (Lipinski definition) is 2. The van der Waals surface area contributed by atoms with Crippen LogP contribution in [0, 0.1) is 0 Å². The Bertz CT molecular complexity index is 730. The van der Waals surface area contributed by atoms with Crippen LogP contribution >= 0.6 is 0 Å². The Morgan fingerprint density at radius 3 is 2.46 bits per heavy atom. The number of aliphatic imine (C=N–C) groups is 1. The monoisotopic (exact) mass is 358 g/mol. The topological polar surface area (TPSA) is 77.0 Å². The van der Waals surface area contributed by atoms with Gasteiger partial charge >= 0.3 is 0 Å². The number of hydrogen-bond acceptors (Lipinski definition) is 5. The predicted octanol–water partition coefficient (Wildman–Crippen LogP) is 3.07. The van der Waals surface area contributed by atoms with Crippen LogP contribution in [-0.4, -0.2) is 38.3 Å². The van der Waals surface area contributed by atoms with Gasteiger partial charge in [0.15, 0.2) is 17.5 Å². The third-order valence-corrected chi connectivity index (χ3v) is 3.48. The van der Waals surface area contributed by atoms with Crippen LogP contribution in [0.1, 0.15) is 19.4 Å². The maximum Gasteiger partial charge on any atom is 0.213 e. The summed E-state index contributed by atoms with van der Waals surface area (Å²) in [6.07, 6.45) is 1.89. The molecule has 0 amide bonds. The van der Waals surface area contributed by atoms with Gasteiger partial charge in [0.25, 0.3) is 0 Å². The van der Waals surface area contributed by atoms with Crippen molar-refractivity contribution in [2.45, 2.75) is 26.5 Å². The van der Waals surface area contributed by atoms with E-state index in [4.69, 9.17) is 14.2 Å². The lowest BCUT2D eigenvalue weighted by molar-refractivity contribution is 0.232. The quantitative estimate of drug-likeness (QED) is 0.585. The average molecular weight is 358 g/mol. The molecule has 0 fully saturated rings. The van der Waals surface area contributed by atoms with Crippen molar-refractivity contribution in [2.75, 3.05) is 26.6 Å². The van der Waals surface area contributed by atoms with Gasteiger partial charge in [-0.3, -0.25) is 4.99 Å². The highest BCUT2D eigenvalue weighted by atomic mass is 16.5. The molecule has 1 aromatic heterocycles. The highest BCUT2D eigenvalue weighted by Gasteiger charge is 2.06. The first-order valence-corrected chi connectivity index (χ1v) is 8.37. The number of aromatic nitrogens is 1. The highest BCUT2D eigenvalue weighted by Crippen LogP contribution is 2.29. The summed E-state index contributed by atoms with van der Waals surface area (Å²) in [6.45, 7) is 4.53. The Morgan fingerprint density at radius 1 is 1.12 bits per heavy atom. The first-order valence-electron chi connectivity index (χ1n) is 8.37. The van der Waals surface area contributed by atoms with Gasteiger partial charge in [-0.25, -0.2) is 4.98 Å². The van der Waals surface area contributed by atoms with Crippen LogP contribution in [0.25, 0.3) is 0 Å². The summed E-state index contributed by atoms with van der Waals surface area (Å²) in [7, 11) is 4.93. The van der Waals surface area contributed by atoms with Crippen molar-refractivity contribution >= 4 is 11.6 Å². The lowest BCUT2D eigenvalue weighted by Gasteiger charge is -2.14. The van der Waals surface area contributed by atoms with E-state index in [2.05, 4.69) is 20.6 Å². The van der Waals surface area contributed by atoms with Gasteiger partial charge in [0.2, 0.25) is 5.88 Å². The van der Waals surface area contributed by atoms with Crippen molar-refractivity contribution in [1.82, 2.24) is 10.3 Å². The average Bonchev–Trinajstić information content (AvgIpc) is 2.65. The summed E-state index contributed by atoms with van der Waals surface area (Å²) in [5, 5.41) is 6.47. The molecule has 2 aromatic rings. The summed E-state index contributed by atoms with van der Waals surface area (Å²) in [5.74, 6) is 2.59. The van der Waals surface area contributed by atoms with Crippen LogP contribution in [-0.2, 0) is 6.54 Å². The van der Waals surface area contributed by atoms with Crippen molar-refractivity contribution in [2.24, 2.45) is 4.99 Å². The minimum Gasteiger partial charge on any atom is -0.493 e. The van der Waals surface area contributed by atoms with Gasteiger partial charge < -0.3 is 24.8 Å². The molecule has 0 bridgehead atoms. The molecule has 7 nitrogen and oxygen atoms in total. The van der Waals surface area contributed by atoms with Crippen LogP contribution in [0.15, 0.2) is 41.5 Å². The van der Waals surface area contributed by atoms with Crippen molar-refractivity contribution < 1.29 is 14.2 Å². The summed E-state index contributed by atoms with van der Waals surface area (Å²) in [4.78, 5) is 8.53. The maximum atomic E-state index is 5.55. The number of pyridine rings is 1. The molecule has 0 saturated carbocycles. The molecule has 0 radical (unpaired) electrons. The number of nitrogens with one attached hydrogen (secondary N) is 2. The second-order valence-corrected chi connectivity index (χ2v) is 5.79. The second-order valence-electron chi connectivity index (χ2n) is 5.79. The normalized spacial score (nSPS) is 11.2. The molecular formula is C19H26N4O3. The van der Waals surface area contributed by atoms with Crippen LogP contribution < -0.4 is 24.8 Å². The van der Waals surface area contributed by atoms with E-state index in [9.17, 15) is 0 Å². The Morgan fingerprint density at radius 2 is 1.88 bits per heavy atom. The SMILES string of the molecule is CN=C(NCc1ccc(OC(C)C)nc1)Nc1ccc(OC)c(OC)c1. The number of nitrogens with zero attached hydrogens (tertiary/aromatic N) is 2. The van der Waals surface area contributed by atoms with Gasteiger partial charge in [-0.1, -0.05) is 6.07 Å². The molecule has 2 rings (SSSR count). The third kappa shape index (κ3) is 5.54. The van der Waals surface area contributed by atoms with Crippen molar-refractivity contribution in [3.63, 3.8) is 0 Å². The van der Waals surface area contributed by atoms with Crippen LogP contribution in [0.2, 0.25) is 0 Å². The summed E-state index contributed by atoms with van der Waals surface area (Å²) < 4.78 is 16.1. The fourth-order valence-electron chi connectivity index (χ4n) is 2.24. The van der Waals surface area contributed by atoms with E-state index in [0.717, 1.165) is 11.3 Å². The molecule has 0 saturated heterocycles. The Labute approximate surface area is 154 Å². The van der Waals surface area contributed by atoms with Crippen LogP contribution in [0.5, 0.6) is 17.4 Å². The van der Waals surface area contributed by atoms with Crippen molar-refractivity contribution in [3.05, 3.63) is 42.1 Å². The van der Waals surface area contributed by atoms with E-state index >= 15 is 0 Å². The van der Waals surface area contributed by atoms with Gasteiger partial charge in [-0.05, 0) is 31.5 Å². The number of rotatable bonds is 7. The van der Waals surface area contributed by atoms with E-state index in [1.165, 1.54) is 0 Å². The number of guanidine groups is 1. The number of benzene rings is 1. The molecule has 1 heterocycles. The molecular weight excluding hydrogens is 332 g/mol. The zero-order chi connectivity index (χ0) is 18.9. The maximum absolute atomic E-state index is 5.55. The summed E-state index contributed by atoms with van der Waals surface area (Å²) in [5.41, 5.74) is 1.87. The first kappa shape index (κ1) is 19.4. The fourth-order valence-corrected chi connectivity index (χ4v) is 2.24. The lowest BCUT2D eigenvalue weighted by atomic mass is 10.2. The zero-order valence-corrected chi connectivity index (χ0v) is 15.9. The molecule has 0 aliphatic carbocycles. The van der Waals surface area contributed by atoms with E-state index in [0.29, 0.717) is 29.9 Å². The second kappa shape index (κ2) is 9.50.